The number of carbonyl (C=O) groups is 1. The van der Waals surface area contributed by atoms with Gasteiger partial charge in [-0.1, -0.05) is 176 Å². The summed E-state index contributed by atoms with van der Waals surface area (Å²) in [6, 6.07) is 49.7. The highest BCUT2D eigenvalue weighted by Crippen LogP contribution is 2.49. The van der Waals surface area contributed by atoms with Gasteiger partial charge in [-0.2, -0.15) is 0 Å². The Hall–Kier alpha value is -7.18. The lowest BCUT2D eigenvalue weighted by Crippen LogP contribution is -2.40. The van der Waals surface area contributed by atoms with Gasteiger partial charge in [0.05, 0.1) is 6.04 Å². The van der Waals surface area contributed by atoms with E-state index in [9.17, 15) is 24.9 Å². The number of anilines is 3. The van der Waals surface area contributed by atoms with Crippen LogP contribution in [0, 0.1) is 0 Å². The minimum absolute atomic E-state index is 0.0781. The van der Waals surface area contributed by atoms with Gasteiger partial charge in [0.1, 0.15) is 11.5 Å². The number of para-hydroxylation sites is 2. The van der Waals surface area contributed by atoms with Crippen LogP contribution >= 0.6 is 0 Å². The van der Waals surface area contributed by atoms with Crippen molar-refractivity contribution in [3.05, 3.63) is 238 Å². The number of ketones is 1. The maximum absolute atomic E-state index is 12.4. The topological polar surface area (TPSA) is 120 Å². The maximum Gasteiger partial charge on any atom is 0.488 e. The number of hydrogen-bond acceptors (Lipinski definition) is 10. The van der Waals surface area contributed by atoms with Crippen LogP contribution < -0.4 is 30.4 Å². The van der Waals surface area contributed by atoms with Gasteiger partial charge in [0.25, 0.3) is 0 Å². The Bertz CT molecular complexity index is 3380. The number of unbranched alkanes of at least 4 members (excludes halogenated alkanes) is 1. The zero-order valence-electron chi connectivity index (χ0n) is 50.6. The fraction of sp³-hybridized carbons (Fsp3) is 0.347. The van der Waals surface area contributed by atoms with Crippen LogP contribution in [0.2, 0.25) is 0 Å². The van der Waals surface area contributed by atoms with Crippen LogP contribution in [0.25, 0.3) is 0 Å². The lowest BCUT2D eigenvalue weighted by molar-refractivity contribution is -0.115. The molecule has 3 aliphatic rings. The van der Waals surface area contributed by atoms with E-state index < -0.39 is 14.2 Å². The van der Waals surface area contributed by atoms with Gasteiger partial charge < -0.3 is 39.5 Å². The molecule has 84 heavy (non-hydrogen) atoms. The average Bonchev–Trinajstić information content (AvgIpc) is 2.52. The predicted octanol–water partition coefficient (Wildman–Crippen LogP) is 12.5. The number of nitrogens with zero attached hydrogens (tertiary/aromatic N) is 4. The third kappa shape index (κ3) is 14.1. The highest BCUT2D eigenvalue weighted by molar-refractivity contribution is 6.59. The Morgan fingerprint density at radius 2 is 1.27 bits per heavy atom. The normalized spacial score (nSPS) is 17.1. The molecule has 0 bridgehead atoms. The predicted molar refractivity (Wildman–Crippen MR) is 348 cm³/mol. The van der Waals surface area contributed by atoms with Gasteiger partial charge in [-0.15, -0.1) is 0 Å². The van der Waals surface area contributed by atoms with Crippen molar-refractivity contribution in [3.8, 4) is 5.75 Å². The molecule has 0 radical (unpaired) electrons. The number of benzene rings is 6. The van der Waals surface area contributed by atoms with Crippen molar-refractivity contribution >= 4 is 48.0 Å². The second kappa shape index (κ2) is 27.7. The number of fused-ring (bicyclic) bond motifs is 2. The van der Waals surface area contributed by atoms with E-state index in [-0.39, 0.29) is 22.7 Å². The third-order valence-electron chi connectivity index (χ3n) is 17.3. The van der Waals surface area contributed by atoms with Crippen LogP contribution in [0.15, 0.2) is 205 Å². The fourth-order valence-corrected chi connectivity index (χ4v) is 12.8. The van der Waals surface area contributed by atoms with E-state index in [0.717, 1.165) is 97.5 Å². The van der Waals surface area contributed by atoms with Crippen LogP contribution in [-0.2, 0) is 41.8 Å². The summed E-state index contributed by atoms with van der Waals surface area (Å²) < 4.78 is 7.23. The molecule has 2 heterocycles. The van der Waals surface area contributed by atoms with E-state index in [2.05, 4.69) is 189 Å². The van der Waals surface area contributed by atoms with Crippen molar-refractivity contribution in [3.63, 3.8) is 0 Å². The summed E-state index contributed by atoms with van der Waals surface area (Å²) in [4.78, 5) is 22.0. The maximum atomic E-state index is 12.4. The summed E-state index contributed by atoms with van der Waals surface area (Å²) in [5.41, 5.74) is 15.0. The second-order valence-electron chi connectivity index (χ2n) is 24.3. The Balaban J connectivity index is 1.02. The quantitative estimate of drug-likeness (QED) is 0.0237. The molecule has 4 N–H and O–H groups in total. The van der Waals surface area contributed by atoms with Gasteiger partial charge in [-0.3, -0.25) is 9.69 Å². The van der Waals surface area contributed by atoms with Gasteiger partial charge in [-0.05, 0) is 162 Å². The van der Waals surface area contributed by atoms with Crippen LogP contribution in [0.5, 0.6) is 5.75 Å². The standard InChI is InChI=1S/C72H86B2N4O6/c1-9-45-77-65-30-17-13-26-61(65)71(5,6)68(77)43-37-55-24-21-25-56(38-44-69-72(7,8)62-27-14-18-31-66(62)78(69)46-10-2)70(55)84-60-41-39-59(40-42-60)76(51-58-23-12-16-29-64(58)74(82)83)49-54-35-33-53(34-36-54)48-75(47-20-19-32-67(79)52(3)4)50-57-22-11-15-28-63(57)73(80)81/h11-18,22-23,26-31,33-44,68,80-83H,3,9-10,19-21,24-25,32,45-51H2,1-2,4-8H3/b43-37+,56-38+,69-44+. The molecule has 10 nitrogen and oxygen atoms in total. The number of hydrogen-bond donors (Lipinski definition) is 4. The Morgan fingerprint density at radius 3 is 1.92 bits per heavy atom. The Labute approximate surface area is 501 Å². The fourth-order valence-electron chi connectivity index (χ4n) is 12.8. The smallest absolute Gasteiger partial charge is 0.457 e. The SMILES string of the molecule is C=C(C)C(=O)CCCCN(Cc1ccc(CN(Cc2ccccc2B(O)O)c2ccc(OC3=C(/C=C/C4N(CCC)c5ccccc5C4(C)C)CCC/C3=C\C=C3\N(CCC)c4ccccc4C3(C)C)cc2)cc1)Cc1ccccc1B(O)O. The van der Waals surface area contributed by atoms with Crippen molar-refractivity contribution in [2.45, 2.75) is 143 Å². The van der Waals surface area contributed by atoms with E-state index >= 15 is 0 Å². The molecule has 0 spiro atoms. The lowest BCUT2D eigenvalue weighted by atomic mass is 9.77. The van der Waals surface area contributed by atoms with Gasteiger partial charge >= 0.3 is 14.2 Å². The van der Waals surface area contributed by atoms with Gasteiger partial charge in [0.15, 0.2) is 5.78 Å². The number of Topliss-reactive ketones (excluding diaryl/α,β-unsaturated/α-hetero) is 1. The van der Waals surface area contributed by atoms with Crippen LogP contribution in [0.1, 0.15) is 133 Å². The number of ether oxygens (including phenoxy) is 1. The van der Waals surface area contributed by atoms with Crippen LogP contribution in [-0.4, -0.2) is 70.7 Å². The lowest BCUT2D eigenvalue weighted by Gasteiger charge is -2.32. The largest absolute Gasteiger partial charge is 0.488 e. The summed E-state index contributed by atoms with van der Waals surface area (Å²) >= 11 is 0. The van der Waals surface area contributed by atoms with E-state index in [1.807, 2.05) is 36.4 Å². The van der Waals surface area contributed by atoms with E-state index in [1.165, 1.54) is 39.3 Å². The average molecular weight is 1130 g/mol. The third-order valence-corrected chi connectivity index (χ3v) is 17.3. The van der Waals surface area contributed by atoms with Crippen LogP contribution in [0.4, 0.5) is 17.1 Å². The van der Waals surface area contributed by atoms with Gasteiger partial charge in [0, 0.05) is 79.3 Å². The number of rotatable bonds is 26. The van der Waals surface area contributed by atoms with Crippen LogP contribution in [0.3, 0.4) is 0 Å². The summed E-state index contributed by atoms with van der Waals surface area (Å²) in [7, 11) is -3.21. The Kier molecular flexibility index (Phi) is 20.2. The van der Waals surface area contributed by atoms with Crippen molar-refractivity contribution in [2.75, 3.05) is 34.3 Å². The molecule has 0 saturated heterocycles. The molecule has 9 rings (SSSR count). The summed E-state index contributed by atoms with van der Waals surface area (Å²) in [5.74, 6) is 1.72. The molecule has 0 aromatic heterocycles. The molecular weight excluding hydrogens is 1040 g/mol. The van der Waals surface area contributed by atoms with E-state index in [4.69, 9.17) is 4.74 Å². The zero-order valence-corrected chi connectivity index (χ0v) is 50.6. The van der Waals surface area contributed by atoms with E-state index in [1.54, 1.807) is 19.1 Å². The monoisotopic (exact) mass is 1120 g/mol. The molecule has 2 aliphatic heterocycles. The molecule has 0 saturated carbocycles. The summed E-state index contributed by atoms with van der Waals surface area (Å²) in [6.07, 6.45) is 16.3. The van der Waals surface area contributed by atoms with Crippen molar-refractivity contribution in [2.24, 2.45) is 0 Å². The molecule has 1 aliphatic carbocycles. The minimum atomic E-state index is -1.63. The van der Waals surface area contributed by atoms with Crippen molar-refractivity contribution in [1.29, 1.82) is 0 Å². The number of carbonyl (C=O) groups excluding carboxylic acids is 1. The molecule has 436 valence electrons. The van der Waals surface area contributed by atoms with Gasteiger partial charge in [-0.25, -0.2) is 0 Å². The molecule has 1 unspecified atom stereocenters. The molecule has 12 heteroatoms. The first-order chi connectivity index (χ1) is 40.5. The highest BCUT2D eigenvalue weighted by atomic mass is 16.5. The highest BCUT2D eigenvalue weighted by Gasteiger charge is 2.43. The zero-order chi connectivity index (χ0) is 59.5. The number of allylic oxidation sites excluding steroid dienone is 7. The Morgan fingerprint density at radius 1 is 0.679 bits per heavy atom. The molecule has 6 aromatic carbocycles. The molecule has 1 atom stereocenters. The molecule has 0 fully saturated rings. The first kappa shape index (κ1) is 61.4. The molecule has 6 aromatic rings. The second-order valence-corrected chi connectivity index (χ2v) is 24.3. The first-order valence-electron chi connectivity index (χ1n) is 30.4. The van der Waals surface area contributed by atoms with Crippen molar-refractivity contribution in [1.82, 2.24) is 4.90 Å². The van der Waals surface area contributed by atoms with Gasteiger partial charge in [0.2, 0.25) is 0 Å². The summed E-state index contributed by atoms with van der Waals surface area (Å²) in [5, 5.41) is 41.5. The molecular formula is C72H86B2N4O6. The minimum Gasteiger partial charge on any atom is -0.457 e. The van der Waals surface area contributed by atoms with Crippen molar-refractivity contribution < 1.29 is 29.6 Å². The van der Waals surface area contributed by atoms with E-state index in [0.29, 0.717) is 55.6 Å². The summed E-state index contributed by atoms with van der Waals surface area (Å²) in [6.45, 7) is 24.2. The molecule has 0 amide bonds. The first-order valence-corrected chi connectivity index (χ1v) is 30.4.